The third kappa shape index (κ3) is 2.18. The van der Waals surface area contributed by atoms with E-state index in [9.17, 15) is 0 Å². The van der Waals surface area contributed by atoms with Crippen LogP contribution < -0.4 is 11.3 Å². The van der Waals surface area contributed by atoms with Gasteiger partial charge in [-0.2, -0.15) is 0 Å². The van der Waals surface area contributed by atoms with Gasteiger partial charge in [0.05, 0.1) is 0 Å². The number of hydrazine groups is 1. The number of aromatic nitrogens is 1. The molecule has 0 amide bonds. The van der Waals surface area contributed by atoms with Crippen LogP contribution in [0.3, 0.4) is 0 Å². The highest BCUT2D eigenvalue weighted by molar-refractivity contribution is 7.99. The fourth-order valence-electron chi connectivity index (χ4n) is 3.79. The molecule has 3 nitrogen and oxygen atoms in total. The molecule has 3 unspecified atom stereocenters. The predicted octanol–water partition coefficient (Wildman–Crippen LogP) is 2.83. The lowest BCUT2D eigenvalue weighted by molar-refractivity contribution is 0.386. The number of fused-ring (bicyclic) bond motifs is 2. The Labute approximate surface area is 129 Å². The molecule has 0 saturated carbocycles. The van der Waals surface area contributed by atoms with Crippen LogP contribution in [0.2, 0.25) is 0 Å². The van der Waals surface area contributed by atoms with E-state index in [2.05, 4.69) is 40.7 Å². The summed E-state index contributed by atoms with van der Waals surface area (Å²) in [6.07, 6.45) is 4.17. The van der Waals surface area contributed by atoms with E-state index in [1.807, 2.05) is 24.0 Å². The van der Waals surface area contributed by atoms with Gasteiger partial charge in [-0.1, -0.05) is 24.3 Å². The first-order valence-electron chi connectivity index (χ1n) is 7.50. The van der Waals surface area contributed by atoms with E-state index < -0.39 is 0 Å². The molecule has 2 heterocycles. The van der Waals surface area contributed by atoms with E-state index >= 15 is 0 Å². The van der Waals surface area contributed by atoms with Crippen LogP contribution in [0.15, 0.2) is 47.5 Å². The number of rotatable bonds is 3. The fourth-order valence-corrected chi connectivity index (χ4v) is 5.10. The number of pyridine rings is 1. The summed E-state index contributed by atoms with van der Waals surface area (Å²) in [5.41, 5.74) is 7.19. The highest BCUT2D eigenvalue weighted by atomic mass is 32.2. The first-order chi connectivity index (χ1) is 10.4. The molecule has 4 rings (SSSR count). The Hall–Kier alpha value is -1.36. The summed E-state index contributed by atoms with van der Waals surface area (Å²) in [4.78, 5) is 6.04. The third-order valence-corrected chi connectivity index (χ3v) is 6.01. The van der Waals surface area contributed by atoms with Crippen molar-refractivity contribution in [3.63, 3.8) is 0 Å². The van der Waals surface area contributed by atoms with Gasteiger partial charge in [-0.3, -0.25) is 16.3 Å². The van der Waals surface area contributed by atoms with E-state index in [1.165, 1.54) is 21.7 Å². The van der Waals surface area contributed by atoms with Crippen molar-refractivity contribution in [2.45, 2.75) is 35.6 Å². The number of nitrogens with zero attached hydrogens (tertiary/aromatic N) is 1. The van der Waals surface area contributed by atoms with Crippen molar-refractivity contribution in [1.82, 2.24) is 10.4 Å². The molecule has 2 aliphatic rings. The van der Waals surface area contributed by atoms with Gasteiger partial charge in [0.1, 0.15) is 0 Å². The van der Waals surface area contributed by atoms with Crippen molar-refractivity contribution < 1.29 is 0 Å². The van der Waals surface area contributed by atoms with Crippen molar-refractivity contribution in [2.75, 3.05) is 5.75 Å². The standard InChI is InChI=1S/C17H19N3S/c18-20-17(13-8-7-11-4-3-9-19-16(11)13)14-10-21-15-6-2-1-5-12(14)15/h1-6,9,13-14,17,20H,7-8,10,18H2. The van der Waals surface area contributed by atoms with Crippen LogP contribution in [-0.2, 0) is 6.42 Å². The highest BCUT2D eigenvalue weighted by Crippen LogP contribution is 2.46. The van der Waals surface area contributed by atoms with E-state index in [-0.39, 0.29) is 6.04 Å². The molecule has 1 aromatic heterocycles. The summed E-state index contributed by atoms with van der Waals surface area (Å²) in [6, 6.07) is 13.2. The van der Waals surface area contributed by atoms with E-state index in [0.717, 1.165) is 18.6 Å². The monoisotopic (exact) mass is 297 g/mol. The first-order valence-corrected chi connectivity index (χ1v) is 8.48. The second-order valence-corrected chi connectivity index (χ2v) is 6.90. The number of nitrogens with two attached hydrogens (primary N) is 1. The summed E-state index contributed by atoms with van der Waals surface area (Å²) >= 11 is 1.94. The van der Waals surface area contributed by atoms with Crippen molar-refractivity contribution in [2.24, 2.45) is 5.84 Å². The molecule has 3 atom stereocenters. The van der Waals surface area contributed by atoms with Crippen LogP contribution in [0.1, 0.15) is 35.1 Å². The largest absolute Gasteiger partial charge is 0.271 e. The maximum absolute atomic E-state index is 5.96. The molecule has 0 radical (unpaired) electrons. The molecule has 0 fully saturated rings. The van der Waals surface area contributed by atoms with Gasteiger partial charge in [0.15, 0.2) is 0 Å². The van der Waals surface area contributed by atoms with Crippen molar-refractivity contribution >= 4 is 11.8 Å². The molecule has 108 valence electrons. The van der Waals surface area contributed by atoms with Gasteiger partial charge in [-0.15, -0.1) is 11.8 Å². The van der Waals surface area contributed by atoms with Gasteiger partial charge in [0, 0.05) is 40.4 Å². The van der Waals surface area contributed by atoms with Crippen LogP contribution in [0.5, 0.6) is 0 Å². The number of aryl methyl sites for hydroxylation is 1. The van der Waals surface area contributed by atoms with Gasteiger partial charge in [0.2, 0.25) is 0 Å². The molecule has 2 aromatic rings. The minimum Gasteiger partial charge on any atom is -0.271 e. The summed E-state index contributed by atoms with van der Waals surface area (Å²) in [7, 11) is 0. The molecule has 1 aromatic carbocycles. The second-order valence-electron chi connectivity index (χ2n) is 5.84. The Bertz CT molecular complexity index is 602. The maximum Gasteiger partial charge on any atom is 0.0482 e. The Morgan fingerprint density at radius 3 is 3.00 bits per heavy atom. The molecule has 0 saturated heterocycles. The third-order valence-electron chi connectivity index (χ3n) is 4.80. The SMILES string of the molecule is NNC(C1CSc2ccccc21)C1CCc2cccnc21. The molecule has 21 heavy (non-hydrogen) atoms. The number of benzene rings is 1. The Morgan fingerprint density at radius 2 is 2.10 bits per heavy atom. The van der Waals surface area contributed by atoms with Crippen LogP contribution >= 0.6 is 11.8 Å². The zero-order chi connectivity index (χ0) is 14.2. The quantitative estimate of drug-likeness (QED) is 0.675. The van der Waals surface area contributed by atoms with Crippen molar-refractivity contribution in [3.05, 3.63) is 59.4 Å². The summed E-state index contributed by atoms with van der Waals surface area (Å²) in [6.45, 7) is 0. The van der Waals surface area contributed by atoms with Gasteiger partial charge < -0.3 is 0 Å². The Kier molecular flexibility index (Phi) is 3.45. The lowest BCUT2D eigenvalue weighted by atomic mass is 9.84. The average molecular weight is 297 g/mol. The topological polar surface area (TPSA) is 50.9 Å². The minimum absolute atomic E-state index is 0.261. The smallest absolute Gasteiger partial charge is 0.0482 e. The van der Waals surface area contributed by atoms with E-state index in [0.29, 0.717) is 11.8 Å². The Balaban J connectivity index is 1.68. The van der Waals surface area contributed by atoms with Crippen LogP contribution in [0.4, 0.5) is 0 Å². The van der Waals surface area contributed by atoms with Gasteiger partial charge in [0.25, 0.3) is 0 Å². The normalized spacial score (nSPS) is 24.6. The van der Waals surface area contributed by atoms with E-state index in [4.69, 9.17) is 5.84 Å². The van der Waals surface area contributed by atoms with Gasteiger partial charge >= 0.3 is 0 Å². The summed E-state index contributed by atoms with van der Waals surface area (Å²) in [5, 5.41) is 0. The van der Waals surface area contributed by atoms with Crippen LogP contribution in [0.25, 0.3) is 0 Å². The summed E-state index contributed by atoms with van der Waals surface area (Å²) in [5.74, 6) is 7.95. The Morgan fingerprint density at radius 1 is 1.19 bits per heavy atom. The fraction of sp³-hybridized carbons (Fsp3) is 0.353. The molecule has 1 aliphatic heterocycles. The van der Waals surface area contributed by atoms with Crippen molar-refractivity contribution in [3.8, 4) is 0 Å². The number of nitrogens with one attached hydrogen (secondary N) is 1. The van der Waals surface area contributed by atoms with Crippen molar-refractivity contribution in [1.29, 1.82) is 0 Å². The first kappa shape index (κ1) is 13.3. The molecule has 4 heteroatoms. The molecule has 0 spiro atoms. The maximum atomic E-state index is 5.96. The number of thioether (sulfide) groups is 1. The van der Waals surface area contributed by atoms with E-state index in [1.54, 1.807) is 0 Å². The second kappa shape index (κ2) is 5.44. The van der Waals surface area contributed by atoms with Gasteiger partial charge in [-0.05, 0) is 36.1 Å². The zero-order valence-electron chi connectivity index (χ0n) is 11.8. The lowest BCUT2D eigenvalue weighted by Gasteiger charge is -2.29. The molecular weight excluding hydrogens is 278 g/mol. The predicted molar refractivity (Wildman–Crippen MR) is 86.3 cm³/mol. The molecule has 0 bridgehead atoms. The van der Waals surface area contributed by atoms with Crippen LogP contribution in [-0.4, -0.2) is 16.8 Å². The average Bonchev–Trinajstić information content (AvgIpc) is 3.14. The molecular formula is C17H19N3S. The zero-order valence-corrected chi connectivity index (χ0v) is 12.6. The molecule has 1 aliphatic carbocycles. The van der Waals surface area contributed by atoms with Gasteiger partial charge in [-0.25, -0.2) is 0 Å². The number of hydrogen-bond donors (Lipinski definition) is 2. The summed E-state index contributed by atoms with van der Waals surface area (Å²) < 4.78 is 0. The van der Waals surface area contributed by atoms with Crippen LogP contribution in [0, 0.1) is 0 Å². The highest BCUT2D eigenvalue weighted by Gasteiger charge is 2.38. The lowest BCUT2D eigenvalue weighted by Crippen LogP contribution is -2.44. The molecule has 3 N–H and O–H groups in total. The minimum atomic E-state index is 0.261. The number of hydrogen-bond acceptors (Lipinski definition) is 4.